The van der Waals surface area contributed by atoms with Crippen LogP contribution in [0.25, 0.3) is 0 Å². The Morgan fingerprint density at radius 2 is 0.518 bits per heavy atom. The zero-order chi connectivity index (χ0) is 64.6. The zero-order valence-corrected chi connectivity index (χ0v) is 64.3. The topological polar surface area (TPSA) is 210 Å². The minimum absolute atomic E-state index is 0.0183. The van der Waals surface area contributed by atoms with Gasteiger partial charge in [0.2, 0.25) is 0 Å². The quantitative estimate of drug-likeness (QED) is 0.0330. The van der Waals surface area contributed by atoms with Gasteiger partial charge in [-0.25, -0.2) is 0 Å². The third kappa shape index (κ3) is 54.3. The smallest absolute Gasteiger partial charge is 0.389 e. The predicted octanol–water partition coefficient (Wildman–Crippen LogP) is 11.8. The van der Waals surface area contributed by atoms with Crippen molar-refractivity contribution in [2.75, 3.05) is 79.3 Å². The van der Waals surface area contributed by atoms with Crippen molar-refractivity contribution >= 4 is 67.5 Å². The lowest BCUT2D eigenvalue weighted by molar-refractivity contribution is -0.131. The molecule has 8 unspecified atom stereocenters. The molecule has 0 amide bonds. The number of aliphatic hydroxyl groups excluding tert-OH is 4. The fourth-order valence-corrected chi connectivity index (χ4v) is 48.2. The van der Waals surface area contributed by atoms with Crippen LogP contribution in [0.15, 0.2) is 0 Å². The van der Waals surface area contributed by atoms with Crippen LogP contribution >= 0.6 is 0 Å². The first-order chi connectivity index (χ1) is 37.7. The van der Waals surface area contributed by atoms with Crippen LogP contribution in [0, 0.1) is 0 Å². The molecule has 29 heteroatoms. The Bertz CT molecular complexity index is 1520. The van der Waals surface area contributed by atoms with E-state index < -0.39 is 105 Å². The van der Waals surface area contributed by atoms with Crippen LogP contribution in [0.3, 0.4) is 0 Å². The molecule has 0 fully saturated rings. The van der Waals surface area contributed by atoms with Gasteiger partial charge < -0.3 is 83.0 Å². The van der Waals surface area contributed by atoms with Crippen molar-refractivity contribution in [2.45, 2.75) is 271 Å². The Kier molecular flexibility index (Phi) is 43.5. The number of alkyl halides is 3. The molecule has 0 aliphatic carbocycles. The van der Waals surface area contributed by atoms with E-state index in [-0.39, 0.29) is 43.7 Å². The van der Waals surface area contributed by atoms with Gasteiger partial charge in [-0.05, 0) is 209 Å². The Balaban J connectivity index is 0. The molecule has 0 bridgehead atoms. The largest absolute Gasteiger partial charge is 0.437 e. The van der Waals surface area contributed by atoms with Crippen LogP contribution in [0.1, 0.15) is 87.5 Å². The van der Waals surface area contributed by atoms with E-state index in [4.69, 9.17) is 62.6 Å². The van der Waals surface area contributed by atoms with Crippen molar-refractivity contribution in [3.05, 3.63) is 0 Å². The first kappa shape index (κ1) is 85.9. The maximum atomic E-state index is 13.5. The molecule has 0 aromatic carbocycles. The molecular formula is C54H125F3O18Si8. The summed E-state index contributed by atoms with van der Waals surface area (Å²) in [5, 5.41) is 37.3. The monoisotopic (exact) mass is 1340 g/mol. The summed E-state index contributed by atoms with van der Waals surface area (Å²) in [6.45, 7) is 51.1. The summed E-state index contributed by atoms with van der Waals surface area (Å²) in [5.74, 6) is 0. The second kappa shape index (κ2) is 42.0. The molecule has 8 atom stereocenters. The highest BCUT2D eigenvalue weighted by Gasteiger charge is 2.50. The Labute approximate surface area is 511 Å². The van der Waals surface area contributed by atoms with E-state index in [0.717, 1.165) is 49.9 Å². The molecule has 0 heterocycles. The summed E-state index contributed by atoms with van der Waals surface area (Å²) < 4.78 is 125. The molecule has 0 aromatic rings. The van der Waals surface area contributed by atoms with Crippen molar-refractivity contribution in [3.63, 3.8) is 0 Å². The van der Waals surface area contributed by atoms with Crippen LogP contribution in [-0.4, -0.2) is 222 Å². The molecule has 83 heavy (non-hydrogen) atoms. The Morgan fingerprint density at radius 1 is 0.313 bits per heavy atom. The summed E-state index contributed by atoms with van der Waals surface area (Å²) in [5.41, 5.74) is 0. The van der Waals surface area contributed by atoms with Crippen LogP contribution in [0.4, 0.5) is 13.2 Å². The van der Waals surface area contributed by atoms with E-state index in [1.165, 1.54) is 0 Å². The number of hydrogen-bond acceptors (Lipinski definition) is 18. The van der Waals surface area contributed by atoms with Gasteiger partial charge in [-0.3, -0.25) is 0 Å². The first-order valence-electron chi connectivity index (χ1n) is 30.5. The highest BCUT2D eigenvalue weighted by molar-refractivity contribution is 6.91. The third-order valence-corrected chi connectivity index (χ3v) is 43.5. The molecule has 0 aromatic heterocycles. The molecule has 0 radical (unpaired) electrons. The van der Waals surface area contributed by atoms with Gasteiger partial charge in [0.05, 0.1) is 102 Å². The number of aliphatic hydroxyl groups is 4. The lowest BCUT2D eigenvalue weighted by Crippen LogP contribution is -2.60. The standard InChI is InChI=1S/C30H69F3O10Si5.C24H56O8Si3/c1-26(34)22-38-28(3)24-36-17-14-19-44(5,6)40-46(9,10)42-48(13,21-16-30(31,32)33)43-47(11,12)41-45(7,8)20-15-18-37-25-29(4)39-23-27(2)35;1-21(25)17-29-23(3)19-27-13-11-15-33(5,6)31-35(9,10)32-34(7,8)16-12-14-28-20-24(4)30-18-22(2)26/h26-29,34-35H,14-25H2,1-13H3;21-26H,11-20H2,1-10H3. The molecule has 0 rings (SSSR count). The predicted molar refractivity (Wildman–Crippen MR) is 345 cm³/mol. The fraction of sp³-hybridized carbons (Fsp3) is 1.00. The summed E-state index contributed by atoms with van der Waals surface area (Å²) in [4.78, 5) is 0. The molecular weight excluding hydrogens is 1220 g/mol. The Hall–Kier alpha value is 0.805. The minimum atomic E-state index is -4.33. The molecule has 502 valence electrons. The van der Waals surface area contributed by atoms with Gasteiger partial charge in [-0.15, -0.1) is 0 Å². The third-order valence-electron chi connectivity index (χ3n) is 12.0. The number of rotatable bonds is 50. The molecule has 0 aliphatic heterocycles. The lowest BCUT2D eigenvalue weighted by atomic mass is 10.4. The minimum Gasteiger partial charge on any atom is -0.437 e. The van der Waals surface area contributed by atoms with Gasteiger partial charge in [0, 0.05) is 32.8 Å². The number of hydrogen-bond donors (Lipinski definition) is 4. The van der Waals surface area contributed by atoms with E-state index >= 15 is 0 Å². The second-order valence-corrected chi connectivity index (χ2v) is 58.9. The summed E-state index contributed by atoms with van der Waals surface area (Å²) >= 11 is 0. The normalized spacial score (nSPS) is 17.3. The number of ether oxygens (including phenoxy) is 8. The van der Waals surface area contributed by atoms with Crippen molar-refractivity contribution in [2.24, 2.45) is 0 Å². The van der Waals surface area contributed by atoms with Crippen LogP contribution in [-0.2, 0) is 62.6 Å². The summed E-state index contributed by atoms with van der Waals surface area (Å²) in [6.07, 6.45) is -4.07. The SMILES string of the molecule is CC(O)COC(C)COCCC[Si](C)(C)O[Si](C)(C)O[Si](C)(C)CCCOCC(C)OCC(C)O.CC(O)COC(C)COCCC[Si](C)(C)O[Si](C)(C)O[Si](C)(CCC(F)(F)F)O[Si](C)(C)O[Si](C)(C)CCCOCC(C)OCC(C)O. The lowest BCUT2D eigenvalue weighted by Gasteiger charge is -2.44. The van der Waals surface area contributed by atoms with Crippen molar-refractivity contribution in [1.82, 2.24) is 0 Å². The van der Waals surface area contributed by atoms with Gasteiger partial charge in [-0.1, -0.05) is 0 Å². The van der Waals surface area contributed by atoms with Gasteiger partial charge in [0.1, 0.15) is 0 Å². The highest BCUT2D eigenvalue weighted by Crippen LogP contribution is 2.34. The average molecular weight is 1340 g/mol. The van der Waals surface area contributed by atoms with E-state index in [9.17, 15) is 33.6 Å². The zero-order valence-electron chi connectivity index (χ0n) is 56.3. The van der Waals surface area contributed by atoms with Crippen molar-refractivity contribution < 1.29 is 96.2 Å². The van der Waals surface area contributed by atoms with Crippen LogP contribution in [0.2, 0.25) is 128 Å². The maximum Gasteiger partial charge on any atom is 0.389 e. The average Bonchev–Trinajstić information content (AvgIpc) is 3.48. The molecule has 0 saturated carbocycles. The maximum absolute atomic E-state index is 13.5. The van der Waals surface area contributed by atoms with Crippen molar-refractivity contribution in [1.29, 1.82) is 0 Å². The van der Waals surface area contributed by atoms with E-state index in [1.54, 1.807) is 34.2 Å². The molecule has 0 aliphatic rings. The van der Waals surface area contributed by atoms with Gasteiger partial charge >= 0.3 is 40.4 Å². The van der Waals surface area contributed by atoms with Gasteiger partial charge in [0.25, 0.3) is 0 Å². The molecule has 4 N–H and O–H groups in total. The second-order valence-electron chi connectivity index (χ2n) is 26.8. The van der Waals surface area contributed by atoms with Gasteiger partial charge in [0.15, 0.2) is 33.3 Å². The van der Waals surface area contributed by atoms with Crippen molar-refractivity contribution in [3.8, 4) is 0 Å². The number of halogens is 3. The first-order valence-corrected chi connectivity index (χ1v) is 53.9. The fourth-order valence-electron chi connectivity index (χ4n) is 9.26. The van der Waals surface area contributed by atoms with E-state index in [1.807, 2.05) is 53.9 Å². The molecule has 0 saturated heterocycles. The van der Waals surface area contributed by atoms with E-state index in [0.29, 0.717) is 66.1 Å². The summed E-state index contributed by atoms with van der Waals surface area (Å²) in [6, 6.07) is 3.43. The molecule has 18 nitrogen and oxygen atoms in total. The van der Waals surface area contributed by atoms with Crippen LogP contribution in [0.5, 0.6) is 0 Å². The van der Waals surface area contributed by atoms with Gasteiger partial charge in [-0.2, -0.15) is 13.2 Å². The Morgan fingerprint density at radius 3 is 0.711 bits per heavy atom. The van der Waals surface area contributed by atoms with Crippen LogP contribution < -0.4 is 0 Å². The molecule has 0 spiro atoms. The summed E-state index contributed by atoms with van der Waals surface area (Å²) in [7, 11) is -19.7. The van der Waals surface area contributed by atoms with E-state index in [2.05, 4.69) is 65.5 Å². The highest BCUT2D eigenvalue weighted by atomic mass is 28.5.